The summed E-state index contributed by atoms with van der Waals surface area (Å²) < 4.78 is 6.74. The van der Waals surface area contributed by atoms with E-state index in [0.717, 1.165) is 26.7 Å². The van der Waals surface area contributed by atoms with E-state index >= 15 is 0 Å². The van der Waals surface area contributed by atoms with E-state index in [-0.39, 0.29) is 5.91 Å². The Balaban J connectivity index is 1.71. The lowest BCUT2D eigenvalue weighted by molar-refractivity contribution is 0.102. The van der Waals surface area contributed by atoms with E-state index in [1.54, 1.807) is 12.1 Å². The van der Waals surface area contributed by atoms with Gasteiger partial charge in [0.25, 0.3) is 5.91 Å². The van der Waals surface area contributed by atoms with Crippen molar-refractivity contribution in [2.45, 2.75) is 6.92 Å². The molecule has 0 fully saturated rings. The maximum absolute atomic E-state index is 12.6. The highest BCUT2D eigenvalue weighted by molar-refractivity contribution is 9.10. The molecule has 4 aromatic rings. The van der Waals surface area contributed by atoms with Crippen molar-refractivity contribution in [1.82, 2.24) is 4.98 Å². The fourth-order valence-electron chi connectivity index (χ4n) is 2.76. The number of fused-ring (bicyclic) bond motifs is 1. The van der Waals surface area contributed by atoms with Gasteiger partial charge in [0.15, 0.2) is 5.58 Å². The number of aromatic nitrogens is 1. The zero-order valence-corrected chi connectivity index (χ0v) is 15.6. The Morgan fingerprint density at radius 3 is 2.73 bits per heavy atom. The second-order valence-corrected chi connectivity index (χ2v) is 6.92. The summed E-state index contributed by atoms with van der Waals surface area (Å²) in [6.07, 6.45) is 0. The Bertz CT molecular complexity index is 1120. The Hall–Kier alpha value is -2.92. The molecule has 3 aromatic carbocycles. The largest absolute Gasteiger partial charge is 0.436 e. The number of hydrogen-bond donors (Lipinski definition) is 1. The van der Waals surface area contributed by atoms with Gasteiger partial charge >= 0.3 is 0 Å². The minimum absolute atomic E-state index is 0.189. The summed E-state index contributed by atoms with van der Waals surface area (Å²) in [6.45, 7) is 2.01. The van der Waals surface area contributed by atoms with E-state index in [4.69, 9.17) is 4.42 Å². The third-order valence-corrected chi connectivity index (χ3v) is 4.53. The zero-order valence-electron chi connectivity index (χ0n) is 14.0. The molecular formula is C21H15BrN2O2. The van der Waals surface area contributed by atoms with Crippen LogP contribution in [0.15, 0.2) is 75.6 Å². The minimum Gasteiger partial charge on any atom is -0.436 e. The summed E-state index contributed by atoms with van der Waals surface area (Å²) in [5, 5.41) is 2.95. The normalized spacial score (nSPS) is 10.8. The number of carbonyl (C=O) groups excluding carboxylic acids is 1. The number of rotatable bonds is 3. The number of nitrogens with one attached hydrogen (secondary N) is 1. The lowest BCUT2D eigenvalue weighted by Gasteiger charge is -2.09. The number of nitrogens with zero attached hydrogens (tertiary/aromatic N) is 1. The molecule has 4 rings (SSSR count). The summed E-state index contributed by atoms with van der Waals surface area (Å²) in [6, 6.07) is 20.6. The van der Waals surface area contributed by atoms with Crippen molar-refractivity contribution in [3.63, 3.8) is 0 Å². The van der Waals surface area contributed by atoms with Crippen LogP contribution in [-0.4, -0.2) is 10.9 Å². The Morgan fingerprint density at radius 2 is 1.88 bits per heavy atom. The van der Waals surface area contributed by atoms with Gasteiger partial charge in [-0.1, -0.05) is 40.2 Å². The van der Waals surface area contributed by atoms with Crippen molar-refractivity contribution < 1.29 is 9.21 Å². The smallest absolute Gasteiger partial charge is 0.255 e. The van der Waals surface area contributed by atoms with Gasteiger partial charge in [-0.25, -0.2) is 4.98 Å². The molecule has 1 aromatic heterocycles. The number of carbonyl (C=O) groups is 1. The van der Waals surface area contributed by atoms with Crippen LogP contribution in [-0.2, 0) is 0 Å². The van der Waals surface area contributed by atoms with Crippen LogP contribution in [0.3, 0.4) is 0 Å². The summed E-state index contributed by atoms with van der Waals surface area (Å²) >= 11 is 3.39. The lowest BCUT2D eigenvalue weighted by atomic mass is 10.1. The molecule has 0 aliphatic heterocycles. The second-order valence-electron chi connectivity index (χ2n) is 6.00. The molecule has 1 N–H and O–H groups in total. The van der Waals surface area contributed by atoms with Crippen molar-refractivity contribution >= 4 is 38.6 Å². The number of aryl methyl sites for hydroxylation is 1. The SMILES string of the molecule is Cc1ccc2oc(-c3ccccc3NC(=O)c3cccc(Br)c3)nc2c1. The molecule has 0 bridgehead atoms. The summed E-state index contributed by atoms with van der Waals surface area (Å²) in [4.78, 5) is 17.2. The Labute approximate surface area is 159 Å². The molecule has 26 heavy (non-hydrogen) atoms. The highest BCUT2D eigenvalue weighted by atomic mass is 79.9. The lowest BCUT2D eigenvalue weighted by Crippen LogP contribution is -2.12. The van der Waals surface area contributed by atoms with E-state index in [1.165, 1.54) is 0 Å². The van der Waals surface area contributed by atoms with Gasteiger partial charge in [0.1, 0.15) is 5.52 Å². The standard InChI is InChI=1S/C21H15BrN2O2/c1-13-9-10-19-18(11-13)24-21(26-19)16-7-2-3-8-17(16)23-20(25)14-5-4-6-15(22)12-14/h2-12H,1H3,(H,23,25). The zero-order chi connectivity index (χ0) is 18.1. The maximum Gasteiger partial charge on any atom is 0.255 e. The van der Waals surface area contributed by atoms with Gasteiger partial charge in [0.05, 0.1) is 11.3 Å². The minimum atomic E-state index is -0.189. The third-order valence-electron chi connectivity index (χ3n) is 4.04. The van der Waals surface area contributed by atoms with E-state index in [9.17, 15) is 4.79 Å². The molecule has 0 aliphatic carbocycles. The number of hydrogen-bond acceptors (Lipinski definition) is 3. The monoisotopic (exact) mass is 406 g/mol. The molecule has 0 atom stereocenters. The highest BCUT2D eigenvalue weighted by Crippen LogP contribution is 2.30. The summed E-state index contributed by atoms with van der Waals surface area (Å²) in [7, 11) is 0. The molecule has 128 valence electrons. The van der Waals surface area contributed by atoms with Gasteiger partial charge in [-0.2, -0.15) is 0 Å². The van der Waals surface area contributed by atoms with Crippen LogP contribution in [0.1, 0.15) is 15.9 Å². The van der Waals surface area contributed by atoms with Crippen molar-refractivity contribution in [3.05, 3.63) is 82.3 Å². The first-order chi connectivity index (χ1) is 12.6. The molecule has 0 saturated carbocycles. The number of halogens is 1. The van der Waals surface area contributed by atoms with Crippen LogP contribution in [0, 0.1) is 6.92 Å². The van der Waals surface area contributed by atoms with Crippen LogP contribution in [0.5, 0.6) is 0 Å². The fourth-order valence-corrected chi connectivity index (χ4v) is 3.15. The first kappa shape index (κ1) is 16.5. The Kier molecular flexibility index (Phi) is 4.31. The third kappa shape index (κ3) is 3.26. The Morgan fingerprint density at radius 1 is 1.04 bits per heavy atom. The number of oxazole rings is 1. The quantitative estimate of drug-likeness (QED) is 0.466. The van der Waals surface area contributed by atoms with Crippen molar-refractivity contribution in [3.8, 4) is 11.5 Å². The molecule has 0 radical (unpaired) electrons. The van der Waals surface area contributed by atoms with Gasteiger partial charge in [0.2, 0.25) is 5.89 Å². The van der Waals surface area contributed by atoms with Gasteiger partial charge in [-0.3, -0.25) is 4.79 Å². The predicted molar refractivity (Wildman–Crippen MR) is 106 cm³/mol. The van der Waals surface area contributed by atoms with Crippen LogP contribution in [0.4, 0.5) is 5.69 Å². The summed E-state index contributed by atoms with van der Waals surface area (Å²) in [5.41, 5.74) is 4.60. The number of para-hydroxylation sites is 1. The van der Waals surface area contributed by atoms with Gasteiger partial charge in [0, 0.05) is 10.0 Å². The average molecular weight is 407 g/mol. The molecule has 1 amide bonds. The van der Waals surface area contributed by atoms with Crippen molar-refractivity contribution in [2.24, 2.45) is 0 Å². The fraction of sp³-hybridized carbons (Fsp3) is 0.0476. The van der Waals surface area contributed by atoms with Crippen LogP contribution in [0.25, 0.3) is 22.6 Å². The molecule has 1 heterocycles. The van der Waals surface area contributed by atoms with Crippen molar-refractivity contribution in [1.29, 1.82) is 0 Å². The highest BCUT2D eigenvalue weighted by Gasteiger charge is 2.15. The molecule has 0 unspecified atom stereocenters. The molecule has 5 heteroatoms. The average Bonchev–Trinajstić information content (AvgIpc) is 3.05. The van der Waals surface area contributed by atoms with Crippen LogP contribution < -0.4 is 5.32 Å². The molecule has 0 aliphatic rings. The number of amides is 1. The predicted octanol–water partition coefficient (Wildman–Crippen LogP) is 5.82. The van der Waals surface area contributed by atoms with Gasteiger partial charge in [-0.05, 0) is 55.0 Å². The first-order valence-electron chi connectivity index (χ1n) is 8.14. The van der Waals surface area contributed by atoms with Crippen LogP contribution in [0.2, 0.25) is 0 Å². The van der Waals surface area contributed by atoms with Crippen LogP contribution >= 0.6 is 15.9 Å². The van der Waals surface area contributed by atoms with E-state index in [0.29, 0.717) is 17.1 Å². The first-order valence-corrected chi connectivity index (χ1v) is 8.93. The number of benzene rings is 3. The topological polar surface area (TPSA) is 55.1 Å². The molecule has 4 nitrogen and oxygen atoms in total. The van der Waals surface area contributed by atoms with E-state index < -0.39 is 0 Å². The molecule has 0 spiro atoms. The van der Waals surface area contributed by atoms with Crippen molar-refractivity contribution in [2.75, 3.05) is 5.32 Å². The molecule has 0 saturated heterocycles. The van der Waals surface area contributed by atoms with Gasteiger partial charge in [-0.15, -0.1) is 0 Å². The second kappa shape index (κ2) is 6.77. The van der Waals surface area contributed by atoms with E-state index in [1.807, 2.05) is 61.5 Å². The number of anilines is 1. The maximum atomic E-state index is 12.6. The van der Waals surface area contributed by atoms with E-state index in [2.05, 4.69) is 26.2 Å². The van der Waals surface area contributed by atoms with Gasteiger partial charge < -0.3 is 9.73 Å². The summed E-state index contributed by atoms with van der Waals surface area (Å²) in [5.74, 6) is 0.293. The molecular weight excluding hydrogens is 392 g/mol.